The second-order valence-electron chi connectivity index (χ2n) is 2.32. The number of anilines is 2. The molecule has 0 bridgehead atoms. The van der Waals surface area contributed by atoms with Gasteiger partial charge >= 0.3 is 0 Å². The Bertz CT molecular complexity index is 329. The van der Waals surface area contributed by atoms with Crippen LogP contribution in [-0.4, -0.2) is 4.98 Å². The lowest BCUT2D eigenvalue weighted by molar-refractivity contribution is 0.585. The second kappa shape index (κ2) is 3.09. The number of hydrogen-bond donors (Lipinski definition) is 1. The first-order valence-electron chi connectivity index (χ1n) is 3.67. The molecule has 2 heterocycles. The molecule has 2 rings (SSSR count). The smallest absolute Gasteiger partial charge is 0.198 e. The summed E-state index contributed by atoms with van der Waals surface area (Å²) < 4.78 is 5.09. The average molecular weight is 160 g/mol. The highest BCUT2D eigenvalue weighted by molar-refractivity contribution is 5.48. The zero-order valence-electron chi connectivity index (χ0n) is 6.40. The van der Waals surface area contributed by atoms with Crippen LogP contribution in [0, 0.1) is 0 Å². The number of rotatable bonds is 2. The van der Waals surface area contributed by atoms with Crippen molar-refractivity contribution in [1.82, 2.24) is 4.98 Å². The Labute approximate surface area is 70.1 Å². The van der Waals surface area contributed by atoms with Crippen molar-refractivity contribution in [2.45, 2.75) is 0 Å². The molecule has 0 atom stereocenters. The van der Waals surface area contributed by atoms with E-state index >= 15 is 0 Å². The van der Waals surface area contributed by atoms with E-state index in [2.05, 4.69) is 10.3 Å². The van der Waals surface area contributed by atoms with Gasteiger partial charge in [0.1, 0.15) is 5.82 Å². The van der Waals surface area contributed by atoms with Crippen LogP contribution in [0.4, 0.5) is 11.7 Å². The van der Waals surface area contributed by atoms with Crippen LogP contribution < -0.4 is 5.32 Å². The van der Waals surface area contributed by atoms with Gasteiger partial charge in [-0.15, -0.1) is 0 Å². The van der Waals surface area contributed by atoms with Crippen LogP contribution in [-0.2, 0) is 0 Å². The van der Waals surface area contributed by atoms with Crippen LogP contribution in [0.2, 0.25) is 0 Å². The number of nitrogens with one attached hydrogen (secondary N) is 1. The van der Waals surface area contributed by atoms with E-state index in [0.29, 0.717) is 5.88 Å². The zero-order chi connectivity index (χ0) is 8.23. The molecule has 2 aromatic heterocycles. The summed E-state index contributed by atoms with van der Waals surface area (Å²) in [6.07, 6.45) is 3.34. The van der Waals surface area contributed by atoms with Crippen LogP contribution in [0.25, 0.3) is 0 Å². The first kappa shape index (κ1) is 6.91. The predicted octanol–water partition coefficient (Wildman–Crippen LogP) is 2.42. The van der Waals surface area contributed by atoms with Crippen molar-refractivity contribution in [2.24, 2.45) is 0 Å². The van der Waals surface area contributed by atoms with Gasteiger partial charge in [-0.3, -0.25) is 0 Å². The molecule has 0 unspecified atom stereocenters. The van der Waals surface area contributed by atoms with Gasteiger partial charge in [0.2, 0.25) is 0 Å². The van der Waals surface area contributed by atoms with Crippen LogP contribution in [0.15, 0.2) is 47.2 Å². The van der Waals surface area contributed by atoms with E-state index in [9.17, 15) is 0 Å². The van der Waals surface area contributed by atoms with Crippen LogP contribution in [0.3, 0.4) is 0 Å². The van der Waals surface area contributed by atoms with Crippen LogP contribution in [0.5, 0.6) is 0 Å². The molecule has 3 nitrogen and oxygen atoms in total. The first-order valence-corrected chi connectivity index (χ1v) is 3.67. The fourth-order valence-electron chi connectivity index (χ4n) is 0.913. The predicted molar refractivity (Wildman–Crippen MR) is 46.2 cm³/mol. The molecule has 60 valence electrons. The van der Waals surface area contributed by atoms with Gasteiger partial charge in [-0.05, 0) is 18.2 Å². The van der Waals surface area contributed by atoms with Crippen molar-refractivity contribution < 1.29 is 4.42 Å². The second-order valence-corrected chi connectivity index (χ2v) is 2.32. The topological polar surface area (TPSA) is 38.1 Å². The molecular weight excluding hydrogens is 152 g/mol. The monoisotopic (exact) mass is 160 g/mol. The highest BCUT2D eigenvalue weighted by Crippen LogP contribution is 2.12. The third-order valence-electron chi connectivity index (χ3n) is 1.44. The Morgan fingerprint density at radius 2 is 2.17 bits per heavy atom. The maximum absolute atomic E-state index is 5.09. The summed E-state index contributed by atoms with van der Waals surface area (Å²) in [7, 11) is 0. The van der Waals surface area contributed by atoms with Gasteiger partial charge in [0, 0.05) is 12.3 Å². The van der Waals surface area contributed by atoms with E-state index in [-0.39, 0.29) is 0 Å². The van der Waals surface area contributed by atoms with Gasteiger partial charge in [-0.25, -0.2) is 4.98 Å². The van der Waals surface area contributed by atoms with Crippen molar-refractivity contribution in [3.8, 4) is 0 Å². The van der Waals surface area contributed by atoms with Crippen molar-refractivity contribution in [1.29, 1.82) is 0 Å². The van der Waals surface area contributed by atoms with Gasteiger partial charge in [0.15, 0.2) is 5.88 Å². The summed E-state index contributed by atoms with van der Waals surface area (Å²) in [5.41, 5.74) is 0. The normalized spacial score (nSPS) is 9.67. The Morgan fingerprint density at radius 3 is 2.83 bits per heavy atom. The molecule has 0 aliphatic heterocycles. The molecule has 0 radical (unpaired) electrons. The minimum atomic E-state index is 0.703. The molecular formula is C9H8N2O. The largest absolute Gasteiger partial charge is 0.449 e. The van der Waals surface area contributed by atoms with Crippen molar-refractivity contribution in [3.63, 3.8) is 0 Å². The third-order valence-corrected chi connectivity index (χ3v) is 1.44. The van der Waals surface area contributed by atoms with E-state index < -0.39 is 0 Å². The van der Waals surface area contributed by atoms with Crippen LogP contribution >= 0.6 is 0 Å². The van der Waals surface area contributed by atoms with E-state index in [1.807, 2.05) is 30.3 Å². The number of hydrogen-bond acceptors (Lipinski definition) is 3. The van der Waals surface area contributed by atoms with Crippen molar-refractivity contribution >= 4 is 11.7 Å². The first-order chi connectivity index (χ1) is 5.95. The van der Waals surface area contributed by atoms with Gasteiger partial charge in [-0.2, -0.15) is 0 Å². The lowest BCUT2D eigenvalue weighted by atomic mass is 10.4. The maximum atomic E-state index is 5.09. The van der Waals surface area contributed by atoms with Crippen LogP contribution in [0.1, 0.15) is 0 Å². The molecule has 0 saturated carbocycles. The summed E-state index contributed by atoms with van der Waals surface area (Å²) in [4.78, 5) is 4.08. The molecule has 0 amide bonds. The average Bonchev–Trinajstić information content (AvgIpc) is 2.59. The van der Waals surface area contributed by atoms with E-state index in [1.165, 1.54) is 0 Å². The molecule has 0 aromatic carbocycles. The summed E-state index contributed by atoms with van der Waals surface area (Å²) >= 11 is 0. The fraction of sp³-hybridized carbons (Fsp3) is 0. The molecule has 0 saturated heterocycles. The van der Waals surface area contributed by atoms with Crippen molar-refractivity contribution in [3.05, 3.63) is 42.8 Å². The van der Waals surface area contributed by atoms with E-state index in [4.69, 9.17) is 4.42 Å². The van der Waals surface area contributed by atoms with E-state index in [1.54, 1.807) is 12.5 Å². The minimum absolute atomic E-state index is 0.703. The summed E-state index contributed by atoms with van der Waals surface area (Å²) in [5, 5.41) is 3.01. The zero-order valence-corrected chi connectivity index (χ0v) is 6.40. The van der Waals surface area contributed by atoms with Crippen molar-refractivity contribution in [2.75, 3.05) is 5.32 Å². The maximum Gasteiger partial charge on any atom is 0.198 e. The van der Waals surface area contributed by atoms with Gasteiger partial charge in [-0.1, -0.05) is 6.07 Å². The lowest BCUT2D eigenvalue weighted by Crippen LogP contribution is -1.89. The Balaban J connectivity index is 2.15. The molecule has 0 fully saturated rings. The molecule has 0 aliphatic carbocycles. The Hall–Kier alpha value is -1.77. The van der Waals surface area contributed by atoms with Gasteiger partial charge < -0.3 is 9.73 Å². The third kappa shape index (κ3) is 1.45. The fourth-order valence-corrected chi connectivity index (χ4v) is 0.913. The van der Waals surface area contributed by atoms with E-state index in [0.717, 1.165) is 5.82 Å². The summed E-state index contributed by atoms with van der Waals surface area (Å²) in [6, 6.07) is 9.33. The molecule has 0 aliphatic rings. The molecule has 0 spiro atoms. The standard InChI is InChI=1S/C9H8N2O/c1-2-6-10-8(4-1)11-9-5-3-7-12-9/h1-7H,(H,10,11). The highest BCUT2D eigenvalue weighted by atomic mass is 16.3. The quantitative estimate of drug-likeness (QED) is 0.733. The van der Waals surface area contributed by atoms with Gasteiger partial charge in [0.05, 0.1) is 6.26 Å². The number of furan rings is 1. The number of aromatic nitrogens is 1. The molecule has 3 heteroatoms. The highest BCUT2D eigenvalue weighted by Gasteiger charge is 1.94. The number of pyridine rings is 1. The van der Waals surface area contributed by atoms with Gasteiger partial charge in [0.25, 0.3) is 0 Å². The Kier molecular flexibility index (Phi) is 1.78. The minimum Gasteiger partial charge on any atom is -0.449 e. The molecule has 1 N–H and O–H groups in total. The molecule has 12 heavy (non-hydrogen) atoms. The molecule has 2 aromatic rings. The number of nitrogens with zero attached hydrogens (tertiary/aromatic N) is 1. The SMILES string of the molecule is c1ccc(Nc2ccco2)nc1. The summed E-state index contributed by atoms with van der Waals surface area (Å²) in [5.74, 6) is 1.49. The summed E-state index contributed by atoms with van der Waals surface area (Å²) in [6.45, 7) is 0. The lowest BCUT2D eigenvalue weighted by Gasteiger charge is -1.98. The Morgan fingerprint density at radius 1 is 1.17 bits per heavy atom.